The first-order valence-corrected chi connectivity index (χ1v) is 10.1. The van der Waals surface area contributed by atoms with Crippen LogP contribution in [0.1, 0.15) is 25.8 Å². The molecule has 6 nitrogen and oxygen atoms in total. The Bertz CT molecular complexity index is 891. The Morgan fingerprint density at radius 1 is 1.12 bits per heavy atom. The molecule has 0 amide bonds. The van der Waals surface area contributed by atoms with E-state index >= 15 is 0 Å². The minimum Gasteiger partial charge on any atom is -0.491 e. The van der Waals surface area contributed by atoms with E-state index in [1.54, 1.807) is 36.4 Å². The Balaban J connectivity index is 1.85. The minimum absolute atomic E-state index is 0.0335. The molecule has 0 saturated carbocycles. The number of benzene rings is 2. The molecule has 0 bridgehead atoms. The molecule has 1 aliphatic heterocycles. The lowest BCUT2D eigenvalue weighted by molar-refractivity contribution is 0.242. The van der Waals surface area contributed by atoms with Gasteiger partial charge in [0.05, 0.1) is 16.7 Å². The number of rotatable bonds is 6. The molecule has 1 heterocycles. The predicted octanol–water partition coefficient (Wildman–Crippen LogP) is 3.01. The van der Waals surface area contributed by atoms with Crippen molar-refractivity contribution >= 4 is 21.5 Å². The maximum Gasteiger partial charge on any atom is 0.261 e. The van der Waals surface area contributed by atoms with Gasteiger partial charge in [-0.25, -0.2) is 8.42 Å². The van der Waals surface area contributed by atoms with Crippen LogP contribution in [-0.2, 0) is 10.0 Å². The molecule has 138 valence electrons. The third-order valence-corrected chi connectivity index (χ3v) is 5.21. The van der Waals surface area contributed by atoms with Crippen LogP contribution in [0.4, 0.5) is 5.69 Å². The summed E-state index contributed by atoms with van der Waals surface area (Å²) >= 11 is 0. The van der Waals surface area contributed by atoms with Crippen LogP contribution in [0.15, 0.2) is 58.4 Å². The molecule has 0 spiro atoms. The van der Waals surface area contributed by atoms with Crippen LogP contribution in [0, 0.1) is 0 Å². The Hall–Kier alpha value is -2.54. The fraction of sp³-hybridized carbons (Fsp3) is 0.316. The first kappa shape index (κ1) is 18.3. The first-order chi connectivity index (χ1) is 12.5. The molecule has 0 atom stereocenters. The van der Waals surface area contributed by atoms with Crippen molar-refractivity contribution in [3.05, 3.63) is 54.1 Å². The fourth-order valence-electron chi connectivity index (χ4n) is 2.66. The molecule has 2 aromatic carbocycles. The zero-order valence-corrected chi connectivity index (χ0v) is 15.7. The SMILES string of the molecule is CC(C)Oc1ccc(S(=O)(=O)Nc2ccccc2C2=NCCCN2)cc1. The third kappa shape index (κ3) is 4.35. The van der Waals surface area contributed by atoms with Crippen molar-refractivity contribution in [1.82, 2.24) is 5.32 Å². The van der Waals surface area contributed by atoms with Crippen molar-refractivity contribution < 1.29 is 13.2 Å². The van der Waals surface area contributed by atoms with E-state index in [0.717, 1.165) is 30.9 Å². The number of anilines is 1. The summed E-state index contributed by atoms with van der Waals surface area (Å²) < 4.78 is 33.7. The quantitative estimate of drug-likeness (QED) is 0.816. The number of ether oxygens (including phenoxy) is 1. The largest absolute Gasteiger partial charge is 0.491 e. The van der Waals surface area contributed by atoms with Crippen LogP contribution in [0.25, 0.3) is 0 Å². The lowest BCUT2D eigenvalue weighted by Gasteiger charge is -2.18. The molecule has 0 aliphatic carbocycles. The molecule has 3 rings (SSSR count). The number of sulfonamides is 1. The van der Waals surface area contributed by atoms with E-state index < -0.39 is 10.0 Å². The van der Waals surface area contributed by atoms with Crippen molar-refractivity contribution in [3.8, 4) is 5.75 Å². The van der Waals surface area contributed by atoms with Gasteiger partial charge in [-0.05, 0) is 56.7 Å². The Kier molecular flexibility index (Phi) is 5.46. The third-order valence-electron chi connectivity index (χ3n) is 3.83. The summed E-state index contributed by atoms with van der Waals surface area (Å²) in [5.41, 5.74) is 1.25. The molecule has 0 aromatic heterocycles. The molecule has 1 aliphatic rings. The maximum absolute atomic E-state index is 12.8. The van der Waals surface area contributed by atoms with Gasteiger partial charge in [-0.15, -0.1) is 0 Å². The summed E-state index contributed by atoms with van der Waals surface area (Å²) in [4.78, 5) is 4.64. The second-order valence-electron chi connectivity index (χ2n) is 6.30. The summed E-state index contributed by atoms with van der Waals surface area (Å²) in [6, 6.07) is 13.7. The number of aliphatic imine (C=N–C) groups is 1. The summed E-state index contributed by atoms with van der Waals surface area (Å²) in [5.74, 6) is 1.36. The van der Waals surface area contributed by atoms with Crippen molar-refractivity contribution in [1.29, 1.82) is 0 Å². The second kappa shape index (κ2) is 7.78. The van der Waals surface area contributed by atoms with Gasteiger partial charge in [-0.3, -0.25) is 9.71 Å². The zero-order valence-electron chi connectivity index (χ0n) is 14.9. The standard InChI is InChI=1S/C19H23N3O3S/c1-14(2)25-15-8-10-16(11-9-15)26(23,24)22-18-7-4-3-6-17(18)19-20-12-5-13-21-19/h3-4,6-11,14,22H,5,12-13H2,1-2H3,(H,20,21). The van der Waals surface area contributed by atoms with Gasteiger partial charge < -0.3 is 10.1 Å². The second-order valence-corrected chi connectivity index (χ2v) is 7.98. The van der Waals surface area contributed by atoms with Gasteiger partial charge in [0.15, 0.2) is 0 Å². The molecule has 2 N–H and O–H groups in total. The van der Waals surface area contributed by atoms with Crippen molar-refractivity contribution in [2.24, 2.45) is 4.99 Å². The molecule has 0 unspecified atom stereocenters. The highest BCUT2D eigenvalue weighted by Gasteiger charge is 2.18. The molecule has 2 aromatic rings. The fourth-order valence-corrected chi connectivity index (χ4v) is 3.74. The topological polar surface area (TPSA) is 79.8 Å². The number of nitrogens with zero attached hydrogens (tertiary/aromatic N) is 1. The molecule has 0 radical (unpaired) electrons. The average Bonchev–Trinajstić information content (AvgIpc) is 2.62. The Morgan fingerprint density at radius 2 is 1.85 bits per heavy atom. The number of amidine groups is 1. The van der Waals surface area contributed by atoms with E-state index in [1.165, 1.54) is 0 Å². The number of hydrogen-bond donors (Lipinski definition) is 2. The molecule has 26 heavy (non-hydrogen) atoms. The van der Waals surface area contributed by atoms with E-state index in [-0.39, 0.29) is 11.0 Å². The van der Waals surface area contributed by atoms with Crippen LogP contribution in [0.5, 0.6) is 5.75 Å². The van der Waals surface area contributed by atoms with E-state index in [9.17, 15) is 8.42 Å². The maximum atomic E-state index is 12.8. The first-order valence-electron chi connectivity index (χ1n) is 8.63. The van der Waals surface area contributed by atoms with Gasteiger partial charge in [0.2, 0.25) is 0 Å². The number of para-hydroxylation sites is 1. The molecule has 0 fully saturated rings. The Labute approximate surface area is 154 Å². The minimum atomic E-state index is -3.71. The van der Waals surface area contributed by atoms with Gasteiger partial charge in [0.25, 0.3) is 10.0 Å². The Morgan fingerprint density at radius 3 is 2.50 bits per heavy atom. The van der Waals surface area contributed by atoms with Gasteiger partial charge in [-0.1, -0.05) is 12.1 Å². The smallest absolute Gasteiger partial charge is 0.261 e. The summed E-state index contributed by atoms with van der Waals surface area (Å²) in [6.45, 7) is 5.41. The van der Waals surface area contributed by atoms with Gasteiger partial charge >= 0.3 is 0 Å². The van der Waals surface area contributed by atoms with Crippen LogP contribution in [0.2, 0.25) is 0 Å². The molecule has 0 saturated heterocycles. The highest BCUT2D eigenvalue weighted by Crippen LogP contribution is 2.23. The van der Waals surface area contributed by atoms with E-state index in [0.29, 0.717) is 11.4 Å². The van der Waals surface area contributed by atoms with Gasteiger partial charge in [0.1, 0.15) is 11.6 Å². The number of nitrogens with one attached hydrogen (secondary N) is 2. The van der Waals surface area contributed by atoms with Crippen LogP contribution < -0.4 is 14.8 Å². The molecular formula is C19H23N3O3S. The summed E-state index contributed by atoms with van der Waals surface area (Å²) in [6.07, 6.45) is 1.01. The lowest BCUT2D eigenvalue weighted by atomic mass is 10.1. The van der Waals surface area contributed by atoms with Crippen molar-refractivity contribution in [2.45, 2.75) is 31.3 Å². The lowest BCUT2D eigenvalue weighted by Crippen LogP contribution is -2.31. The molecular weight excluding hydrogens is 350 g/mol. The highest BCUT2D eigenvalue weighted by molar-refractivity contribution is 7.92. The molecule has 7 heteroatoms. The van der Waals surface area contributed by atoms with Crippen LogP contribution >= 0.6 is 0 Å². The normalized spacial score (nSPS) is 14.5. The van der Waals surface area contributed by atoms with Crippen LogP contribution in [0.3, 0.4) is 0 Å². The average molecular weight is 373 g/mol. The van der Waals surface area contributed by atoms with Crippen molar-refractivity contribution in [2.75, 3.05) is 17.8 Å². The van der Waals surface area contributed by atoms with E-state index in [2.05, 4.69) is 15.0 Å². The van der Waals surface area contributed by atoms with E-state index in [1.807, 2.05) is 26.0 Å². The predicted molar refractivity (Wildman–Crippen MR) is 103 cm³/mol. The number of hydrogen-bond acceptors (Lipinski definition) is 5. The zero-order chi connectivity index (χ0) is 18.6. The van der Waals surface area contributed by atoms with Gasteiger partial charge in [0, 0.05) is 18.7 Å². The summed E-state index contributed by atoms with van der Waals surface area (Å²) in [5, 5.41) is 3.23. The monoisotopic (exact) mass is 373 g/mol. The van der Waals surface area contributed by atoms with Gasteiger partial charge in [-0.2, -0.15) is 0 Å². The van der Waals surface area contributed by atoms with E-state index in [4.69, 9.17) is 4.74 Å². The summed E-state index contributed by atoms with van der Waals surface area (Å²) in [7, 11) is -3.71. The highest BCUT2D eigenvalue weighted by atomic mass is 32.2. The van der Waals surface area contributed by atoms with Crippen molar-refractivity contribution in [3.63, 3.8) is 0 Å². The van der Waals surface area contributed by atoms with Crippen LogP contribution in [-0.4, -0.2) is 33.4 Å².